The summed E-state index contributed by atoms with van der Waals surface area (Å²) in [6, 6.07) is 4.65. The second-order valence-electron chi connectivity index (χ2n) is 5.91. The molecule has 0 fully saturated rings. The first kappa shape index (κ1) is 14.0. The molecule has 0 aliphatic heterocycles. The summed E-state index contributed by atoms with van der Waals surface area (Å²) in [7, 11) is 2.02. The Hall–Kier alpha value is -1.09. The van der Waals surface area contributed by atoms with E-state index in [2.05, 4.69) is 25.7 Å². The van der Waals surface area contributed by atoms with Crippen molar-refractivity contribution >= 4 is 5.69 Å². The van der Waals surface area contributed by atoms with Gasteiger partial charge < -0.3 is 10.6 Å². The molecule has 0 aliphatic rings. The monoisotopic (exact) mass is 238 g/mol. The fourth-order valence-corrected chi connectivity index (χ4v) is 2.03. The molecule has 17 heavy (non-hydrogen) atoms. The molecule has 3 heteroatoms. The van der Waals surface area contributed by atoms with E-state index < -0.39 is 0 Å². The lowest BCUT2D eigenvalue weighted by Gasteiger charge is -2.30. The van der Waals surface area contributed by atoms with Crippen LogP contribution >= 0.6 is 0 Å². The van der Waals surface area contributed by atoms with Gasteiger partial charge in [0.05, 0.1) is 0 Å². The van der Waals surface area contributed by atoms with Crippen LogP contribution in [0.2, 0.25) is 0 Å². The van der Waals surface area contributed by atoms with E-state index >= 15 is 0 Å². The summed E-state index contributed by atoms with van der Waals surface area (Å²) in [5.41, 5.74) is 7.95. The number of halogens is 1. The highest BCUT2D eigenvalue weighted by Crippen LogP contribution is 2.27. The van der Waals surface area contributed by atoms with E-state index in [0.717, 1.165) is 17.8 Å². The van der Waals surface area contributed by atoms with Gasteiger partial charge >= 0.3 is 0 Å². The molecule has 1 aromatic carbocycles. The van der Waals surface area contributed by atoms with Crippen LogP contribution in [0.3, 0.4) is 0 Å². The van der Waals surface area contributed by atoms with Crippen molar-refractivity contribution in [3.63, 3.8) is 0 Å². The fraction of sp³-hybridized carbons (Fsp3) is 0.571. The summed E-state index contributed by atoms with van der Waals surface area (Å²) in [6.45, 7) is 9.32. The van der Waals surface area contributed by atoms with Crippen molar-refractivity contribution in [3.05, 3.63) is 29.6 Å². The average molecular weight is 238 g/mol. The van der Waals surface area contributed by atoms with E-state index in [4.69, 9.17) is 5.73 Å². The van der Waals surface area contributed by atoms with Crippen LogP contribution in [0, 0.1) is 11.2 Å². The third-order valence-electron chi connectivity index (χ3n) is 2.60. The van der Waals surface area contributed by atoms with Gasteiger partial charge in [-0.3, -0.25) is 0 Å². The van der Waals surface area contributed by atoms with Crippen molar-refractivity contribution in [1.82, 2.24) is 0 Å². The zero-order valence-corrected chi connectivity index (χ0v) is 11.4. The van der Waals surface area contributed by atoms with Gasteiger partial charge in [-0.05, 0) is 36.1 Å². The fourth-order valence-electron chi connectivity index (χ4n) is 2.03. The molecular weight excluding hydrogens is 215 g/mol. The predicted octanol–water partition coefficient (Wildman–Crippen LogP) is 3.33. The number of anilines is 1. The van der Waals surface area contributed by atoms with Gasteiger partial charge in [-0.15, -0.1) is 0 Å². The van der Waals surface area contributed by atoms with Crippen molar-refractivity contribution in [2.45, 2.75) is 33.7 Å². The van der Waals surface area contributed by atoms with Gasteiger partial charge in [0.1, 0.15) is 5.82 Å². The maximum atomic E-state index is 13.2. The second kappa shape index (κ2) is 5.05. The first-order chi connectivity index (χ1) is 7.70. The van der Waals surface area contributed by atoms with Gasteiger partial charge in [-0.25, -0.2) is 4.39 Å². The third-order valence-corrected chi connectivity index (χ3v) is 2.60. The van der Waals surface area contributed by atoms with Gasteiger partial charge in [0.2, 0.25) is 0 Å². The number of rotatable bonds is 3. The van der Waals surface area contributed by atoms with Crippen molar-refractivity contribution in [1.29, 1.82) is 0 Å². The van der Waals surface area contributed by atoms with E-state index in [-0.39, 0.29) is 17.3 Å². The second-order valence-corrected chi connectivity index (χ2v) is 5.91. The molecule has 2 nitrogen and oxygen atoms in total. The Kier molecular flexibility index (Phi) is 4.15. The minimum Gasteiger partial charge on any atom is -0.374 e. The van der Waals surface area contributed by atoms with Gasteiger partial charge in [0.15, 0.2) is 0 Å². The van der Waals surface area contributed by atoms with E-state index in [1.807, 2.05) is 14.0 Å². The van der Waals surface area contributed by atoms with Crippen LogP contribution in [-0.4, -0.2) is 13.6 Å². The number of nitrogens with two attached hydrogens (primary N) is 1. The Morgan fingerprint density at radius 2 is 1.94 bits per heavy atom. The smallest absolute Gasteiger partial charge is 0.123 e. The van der Waals surface area contributed by atoms with Crippen molar-refractivity contribution in [2.24, 2.45) is 11.1 Å². The van der Waals surface area contributed by atoms with Crippen molar-refractivity contribution < 1.29 is 4.39 Å². The molecule has 0 amide bonds. The molecule has 1 aromatic rings. The van der Waals surface area contributed by atoms with E-state index in [0.29, 0.717) is 0 Å². The lowest BCUT2D eigenvalue weighted by Crippen LogP contribution is -2.30. The molecule has 0 bridgehead atoms. The highest BCUT2D eigenvalue weighted by molar-refractivity contribution is 5.54. The zero-order chi connectivity index (χ0) is 13.2. The van der Waals surface area contributed by atoms with E-state index in [1.165, 1.54) is 12.1 Å². The molecule has 0 heterocycles. The van der Waals surface area contributed by atoms with Gasteiger partial charge in [-0.1, -0.05) is 20.8 Å². The molecule has 0 saturated carbocycles. The summed E-state index contributed by atoms with van der Waals surface area (Å²) >= 11 is 0. The first-order valence-corrected chi connectivity index (χ1v) is 5.97. The Bertz CT molecular complexity index is 380. The lowest BCUT2D eigenvalue weighted by molar-refractivity contribution is 0.418. The topological polar surface area (TPSA) is 29.3 Å². The Morgan fingerprint density at radius 3 is 2.41 bits per heavy atom. The van der Waals surface area contributed by atoms with Gasteiger partial charge in [0.25, 0.3) is 0 Å². The van der Waals surface area contributed by atoms with Crippen LogP contribution in [0.15, 0.2) is 18.2 Å². The van der Waals surface area contributed by atoms with Gasteiger partial charge in [0, 0.05) is 25.3 Å². The third kappa shape index (κ3) is 4.00. The maximum absolute atomic E-state index is 13.2. The van der Waals surface area contributed by atoms with Crippen LogP contribution < -0.4 is 10.6 Å². The Balaban J connectivity index is 3.04. The Labute approximate surface area is 104 Å². The largest absolute Gasteiger partial charge is 0.374 e. The number of hydrogen-bond donors (Lipinski definition) is 1. The van der Waals surface area contributed by atoms with Crippen molar-refractivity contribution in [3.8, 4) is 0 Å². The summed E-state index contributed by atoms with van der Waals surface area (Å²) < 4.78 is 13.2. The summed E-state index contributed by atoms with van der Waals surface area (Å²) in [5, 5.41) is 0. The minimum absolute atomic E-state index is 0.164. The molecule has 2 N–H and O–H groups in total. The van der Waals surface area contributed by atoms with Crippen LogP contribution in [0.5, 0.6) is 0 Å². The molecule has 0 aromatic heterocycles. The molecule has 0 unspecified atom stereocenters. The summed E-state index contributed by atoms with van der Waals surface area (Å²) in [4.78, 5) is 2.14. The summed E-state index contributed by atoms with van der Waals surface area (Å²) in [5.74, 6) is -0.231. The standard InChI is InChI=1S/C14H23FN2/c1-10(16)12-8-11(15)6-7-13(12)17(5)9-14(2,3)4/h6-8,10H,9,16H2,1-5H3/t10-/m1/s1. The molecule has 96 valence electrons. The molecule has 0 saturated heterocycles. The maximum Gasteiger partial charge on any atom is 0.123 e. The number of benzene rings is 1. The van der Waals surface area contributed by atoms with E-state index in [1.54, 1.807) is 6.07 Å². The van der Waals surface area contributed by atoms with Gasteiger partial charge in [-0.2, -0.15) is 0 Å². The summed E-state index contributed by atoms with van der Waals surface area (Å²) in [6.07, 6.45) is 0. The molecule has 1 rings (SSSR count). The molecule has 0 radical (unpaired) electrons. The van der Waals surface area contributed by atoms with Crippen LogP contribution in [0.25, 0.3) is 0 Å². The molecule has 0 aliphatic carbocycles. The average Bonchev–Trinajstić information content (AvgIpc) is 2.14. The zero-order valence-electron chi connectivity index (χ0n) is 11.4. The molecular formula is C14H23FN2. The molecule has 0 spiro atoms. The minimum atomic E-state index is -0.231. The van der Waals surface area contributed by atoms with Crippen LogP contribution in [0.1, 0.15) is 39.3 Å². The quantitative estimate of drug-likeness (QED) is 0.875. The normalized spacial score (nSPS) is 13.6. The van der Waals surface area contributed by atoms with Crippen LogP contribution in [0.4, 0.5) is 10.1 Å². The number of nitrogens with zero attached hydrogens (tertiary/aromatic N) is 1. The first-order valence-electron chi connectivity index (χ1n) is 5.97. The molecule has 1 atom stereocenters. The van der Waals surface area contributed by atoms with Crippen molar-refractivity contribution in [2.75, 3.05) is 18.5 Å². The Morgan fingerprint density at radius 1 is 1.35 bits per heavy atom. The SMILES string of the molecule is C[C@@H](N)c1cc(F)ccc1N(C)CC(C)(C)C. The lowest BCUT2D eigenvalue weighted by atomic mass is 9.95. The number of hydrogen-bond acceptors (Lipinski definition) is 2. The van der Waals surface area contributed by atoms with Crippen LogP contribution in [-0.2, 0) is 0 Å². The highest BCUT2D eigenvalue weighted by Gasteiger charge is 2.17. The van der Waals surface area contributed by atoms with E-state index in [9.17, 15) is 4.39 Å². The predicted molar refractivity (Wildman–Crippen MR) is 71.7 cm³/mol. The highest BCUT2D eigenvalue weighted by atomic mass is 19.1.